The fourth-order valence-corrected chi connectivity index (χ4v) is 3.12. The highest BCUT2D eigenvalue weighted by Gasteiger charge is 2.19. The van der Waals surface area contributed by atoms with Gasteiger partial charge in [0, 0.05) is 19.3 Å². The molecule has 0 radical (unpaired) electrons. The third kappa shape index (κ3) is 4.12. The van der Waals surface area contributed by atoms with Crippen LogP contribution in [0.15, 0.2) is 54.7 Å². The number of carbonyl (C=O) groups is 1. The Balaban J connectivity index is 1.80. The van der Waals surface area contributed by atoms with E-state index in [0.717, 1.165) is 11.3 Å². The first-order valence-electron chi connectivity index (χ1n) is 8.88. The van der Waals surface area contributed by atoms with E-state index >= 15 is 0 Å². The molecule has 28 heavy (non-hydrogen) atoms. The molecule has 0 N–H and O–H groups in total. The summed E-state index contributed by atoms with van der Waals surface area (Å²) in [5, 5.41) is 4.98. The van der Waals surface area contributed by atoms with Gasteiger partial charge in [0.25, 0.3) is 5.91 Å². The van der Waals surface area contributed by atoms with Crippen LogP contribution < -0.4 is 9.47 Å². The molecule has 0 unspecified atom stereocenters. The smallest absolute Gasteiger partial charge is 0.274 e. The summed E-state index contributed by atoms with van der Waals surface area (Å²) in [6, 6.07) is 14.7. The number of hydrogen-bond acceptors (Lipinski definition) is 4. The van der Waals surface area contributed by atoms with Gasteiger partial charge in [-0.05, 0) is 42.8 Å². The van der Waals surface area contributed by atoms with Gasteiger partial charge in [0.2, 0.25) is 0 Å². The van der Waals surface area contributed by atoms with Crippen LogP contribution in [0.1, 0.15) is 23.0 Å². The lowest BCUT2D eigenvalue weighted by Gasteiger charge is -2.20. The van der Waals surface area contributed by atoms with E-state index in [2.05, 4.69) is 5.10 Å². The summed E-state index contributed by atoms with van der Waals surface area (Å²) in [7, 11) is 3.18. The van der Waals surface area contributed by atoms with Gasteiger partial charge in [-0.15, -0.1) is 0 Å². The molecule has 0 aliphatic rings. The fraction of sp³-hybridized carbons (Fsp3) is 0.238. The average molecular weight is 400 g/mol. The summed E-state index contributed by atoms with van der Waals surface area (Å²) < 4.78 is 12.2. The normalized spacial score (nSPS) is 10.6. The second-order valence-corrected chi connectivity index (χ2v) is 6.51. The quantitative estimate of drug-likeness (QED) is 0.597. The van der Waals surface area contributed by atoms with E-state index in [1.807, 2.05) is 43.3 Å². The third-order valence-electron chi connectivity index (χ3n) is 4.40. The van der Waals surface area contributed by atoms with Crippen LogP contribution in [0, 0.1) is 0 Å². The van der Waals surface area contributed by atoms with Gasteiger partial charge in [0.1, 0.15) is 0 Å². The van der Waals surface area contributed by atoms with Crippen LogP contribution in [0.5, 0.6) is 11.5 Å². The number of ether oxygens (including phenoxy) is 2. The molecule has 0 atom stereocenters. The largest absolute Gasteiger partial charge is 0.493 e. The van der Waals surface area contributed by atoms with Gasteiger partial charge >= 0.3 is 0 Å². The van der Waals surface area contributed by atoms with Crippen LogP contribution >= 0.6 is 11.6 Å². The second-order valence-electron chi connectivity index (χ2n) is 6.11. The van der Waals surface area contributed by atoms with Crippen molar-refractivity contribution in [3.63, 3.8) is 0 Å². The van der Waals surface area contributed by atoms with Crippen LogP contribution in [0.2, 0.25) is 5.02 Å². The Labute approximate surface area is 169 Å². The molecule has 3 rings (SSSR count). The maximum atomic E-state index is 12.9. The van der Waals surface area contributed by atoms with Crippen molar-refractivity contribution in [3.8, 4) is 17.2 Å². The molecular weight excluding hydrogens is 378 g/mol. The van der Waals surface area contributed by atoms with E-state index in [4.69, 9.17) is 21.1 Å². The number of aromatic nitrogens is 2. The lowest BCUT2D eigenvalue weighted by molar-refractivity contribution is 0.0746. The number of nitrogens with zero attached hydrogens (tertiary/aromatic N) is 3. The molecule has 6 nitrogen and oxygen atoms in total. The van der Waals surface area contributed by atoms with Crippen molar-refractivity contribution in [2.24, 2.45) is 0 Å². The van der Waals surface area contributed by atoms with Crippen LogP contribution in [-0.4, -0.2) is 41.4 Å². The molecule has 7 heteroatoms. The zero-order valence-electron chi connectivity index (χ0n) is 16.1. The van der Waals surface area contributed by atoms with E-state index in [-0.39, 0.29) is 5.91 Å². The fourth-order valence-electron chi connectivity index (χ4n) is 2.90. The summed E-state index contributed by atoms with van der Waals surface area (Å²) >= 11 is 6.22. The Hall–Kier alpha value is -2.99. The first kappa shape index (κ1) is 19.8. The zero-order chi connectivity index (χ0) is 20.1. The summed E-state index contributed by atoms with van der Waals surface area (Å²) in [5.41, 5.74) is 2.03. The molecule has 0 saturated carbocycles. The SMILES string of the molecule is CCN(Cc1ccc(OC)c(OC)c1)C(=O)c1ccn(-c2ccccc2Cl)n1. The first-order chi connectivity index (χ1) is 13.6. The number of hydrogen-bond donors (Lipinski definition) is 0. The van der Waals surface area contributed by atoms with Crippen molar-refractivity contribution in [2.75, 3.05) is 20.8 Å². The van der Waals surface area contributed by atoms with E-state index in [9.17, 15) is 4.79 Å². The highest BCUT2D eigenvalue weighted by Crippen LogP contribution is 2.28. The zero-order valence-corrected chi connectivity index (χ0v) is 16.8. The Kier molecular flexibility index (Phi) is 6.21. The lowest BCUT2D eigenvalue weighted by atomic mass is 10.2. The van der Waals surface area contributed by atoms with Crippen LogP contribution in [-0.2, 0) is 6.54 Å². The number of carbonyl (C=O) groups excluding carboxylic acids is 1. The summed E-state index contributed by atoms with van der Waals surface area (Å²) in [4.78, 5) is 14.7. The molecule has 0 spiro atoms. The van der Waals surface area contributed by atoms with Crippen molar-refractivity contribution in [1.29, 1.82) is 0 Å². The average Bonchev–Trinajstić information content (AvgIpc) is 3.21. The van der Waals surface area contributed by atoms with Gasteiger partial charge in [0.05, 0.1) is 24.9 Å². The lowest BCUT2D eigenvalue weighted by Crippen LogP contribution is -2.30. The Morgan fingerprint density at radius 1 is 1.11 bits per heavy atom. The molecule has 2 aromatic carbocycles. The van der Waals surface area contributed by atoms with Gasteiger partial charge in [-0.1, -0.05) is 29.8 Å². The molecule has 1 amide bonds. The van der Waals surface area contributed by atoms with Crippen molar-refractivity contribution in [2.45, 2.75) is 13.5 Å². The van der Waals surface area contributed by atoms with E-state index in [1.165, 1.54) is 0 Å². The molecule has 0 bridgehead atoms. The molecule has 1 heterocycles. The maximum Gasteiger partial charge on any atom is 0.274 e. The number of rotatable bonds is 7. The Bertz CT molecular complexity index is 971. The van der Waals surface area contributed by atoms with Crippen LogP contribution in [0.3, 0.4) is 0 Å². The predicted octanol–water partition coefficient (Wildman–Crippen LogP) is 4.21. The van der Waals surface area contributed by atoms with E-state index < -0.39 is 0 Å². The van der Waals surface area contributed by atoms with Crippen molar-refractivity contribution in [1.82, 2.24) is 14.7 Å². The van der Waals surface area contributed by atoms with Gasteiger partial charge in [-0.3, -0.25) is 4.79 Å². The summed E-state index contributed by atoms with van der Waals surface area (Å²) in [6.07, 6.45) is 1.73. The molecule has 0 aliphatic heterocycles. The molecule has 3 aromatic rings. The van der Waals surface area contributed by atoms with Gasteiger partial charge in [0.15, 0.2) is 17.2 Å². The molecule has 0 saturated heterocycles. The Morgan fingerprint density at radius 2 is 1.86 bits per heavy atom. The first-order valence-corrected chi connectivity index (χ1v) is 9.26. The van der Waals surface area contributed by atoms with Gasteiger partial charge < -0.3 is 14.4 Å². The minimum Gasteiger partial charge on any atom is -0.493 e. The topological polar surface area (TPSA) is 56.6 Å². The molecular formula is C21H22ClN3O3. The number of amides is 1. The van der Waals surface area contributed by atoms with Gasteiger partial charge in [-0.2, -0.15) is 5.10 Å². The maximum absolute atomic E-state index is 12.9. The monoisotopic (exact) mass is 399 g/mol. The minimum atomic E-state index is -0.150. The molecule has 1 aromatic heterocycles. The number of benzene rings is 2. The van der Waals surface area contributed by atoms with Crippen molar-refractivity contribution < 1.29 is 14.3 Å². The number of methoxy groups -OCH3 is 2. The highest BCUT2D eigenvalue weighted by molar-refractivity contribution is 6.32. The molecule has 0 fully saturated rings. The number of para-hydroxylation sites is 1. The molecule has 146 valence electrons. The standard InChI is InChI=1S/C21H22ClN3O3/c1-4-24(14-15-9-10-19(27-2)20(13-15)28-3)21(26)17-11-12-25(23-17)18-8-6-5-7-16(18)22/h5-13H,4,14H2,1-3H3. The van der Waals surface area contributed by atoms with E-state index in [1.54, 1.807) is 42.1 Å². The van der Waals surface area contributed by atoms with Crippen LogP contribution in [0.4, 0.5) is 0 Å². The second kappa shape index (κ2) is 8.80. The van der Waals surface area contributed by atoms with Crippen molar-refractivity contribution >= 4 is 17.5 Å². The predicted molar refractivity (Wildman–Crippen MR) is 109 cm³/mol. The molecule has 0 aliphatic carbocycles. The van der Waals surface area contributed by atoms with Crippen LogP contribution in [0.25, 0.3) is 5.69 Å². The minimum absolute atomic E-state index is 0.150. The van der Waals surface area contributed by atoms with E-state index in [0.29, 0.717) is 35.3 Å². The highest BCUT2D eigenvalue weighted by atomic mass is 35.5. The third-order valence-corrected chi connectivity index (χ3v) is 4.72. The summed E-state index contributed by atoms with van der Waals surface area (Å²) in [6.45, 7) is 2.92. The summed E-state index contributed by atoms with van der Waals surface area (Å²) in [5.74, 6) is 1.13. The van der Waals surface area contributed by atoms with Gasteiger partial charge in [-0.25, -0.2) is 4.68 Å². The number of halogens is 1. The van der Waals surface area contributed by atoms with Crippen molar-refractivity contribution in [3.05, 3.63) is 71.0 Å². The Morgan fingerprint density at radius 3 is 2.54 bits per heavy atom.